The summed E-state index contributed by atoms with van der Waals surface area (Å²) in [5.74, 6) is 1.22. The van der Waals surface area contributed by atoms with Crippen molar-refractivity contribution < 1.29 is 9.90 Å². The first-order valence-corrected chi connectivity index (χ1v) is 8.13. The topological polar surface area (TPSA) is 80.0 Å². The molecule has 3 rings (SSSR count). The second-order valence-corrected chi connectivity index (χ2v) is 6.47. The highest BCUT2D eigenvalue weighted by molar-refractivity contribution is 7.99. The molecule has 0 radical (unpaired) electrons. The molecule has 0 saturated carbocycles. The maximum absolute atomic E-state index is 11.5. The van der Waals surface area contributed by atoms with Crippen molar-refractivity contribution in [1.82, 2.24) is 14.8 Å². The predicted octanol–water partition coefficient (Wildman–Crippen LogP) is 2.28. The van der Waals surface area contributed by atoms with E-state index in [4.69, 9.17) is 0 Å². The zero-order chi connectivity index (χ0) is 15.0. The average Bonchev–Trinajstić information content (AvgIpc) is 2.75. The smallest absolute Gasteiger partial charge is 0.339 e. The van der Waals surface area contributed by atoms with Gasteiger partial charge in [0, 0.05) is 25.0 Å². The number of fused-ring (bicyclic) bond motifs is 1. The summed E-state index contributed by atoms with van der Waals surface area (Å²) in [7, 11) is 1.82. The molecule has 2 aromatic rings. The van der Waals surface area contributed by atoms with Crippen LogP contribution in [0.5, 0.6) is 0 Å². The first-order valence-electron chi connectivity index (χ1n) is 6.98. The van der Waals surface area contributed by atoms with Crippen molar-refractivity contribution in [2.45, 2.75) is 25.8 Å². The number of carboxylic acids is 1. The van der Waals surface area contributed by atoms with Crippen LogP contribution in [0.15, 0.2) is 6.20 Å². The number of aryl methyl sites for hydroxylation is 2. The first kappa shape index (κ1) is 14.2. The van der Waals surface area contributed by atoms with Crippen molar-refractivity contribution in [2.24, 2.45) is 7.05 Å². The molecule has 1 unspecified atom stereocenters. The second-order valence-electron chi connectivity index (χ2n) is 5.32. The number of pyridine rings is 1. The molecule has 2 aromatic heterocycles. The Morgan fingerprint density at radius 1 is 1.57 bits per heavy atom. The summed E-state index contributed by atoms with van der Waals surface area (Å²) >= 11 is 1.90. The van der Waals surface area contributed by atoms with E-state index in [-0.39, 0.29) is 5.56 Å². The van der Waals surface area contributed by atoms with E-state index in [2.05, 4.69) is 15.4 Å². The summed E-state index contributed by atoms with van der Waals surface area (Å²) in [6, 6.07) is 0.298. The van der Waals surface area contributed by atoms with Gasteiger partial charge in [-0.15, -0.1) is 0 Å². The highest BCUT2D eigenvalue weighted by Gasteiger charge is 2.22. The quantitative estimate of drug-likeness (QED) is 0.905. The molecule has 1 aliphatic rings. The minimum atomic E-state index is -0.960. The van der Waals surface area contributed by atoms with Gasteiger partial charge in [0.15, 0.2) is 5.65 Å². The van der Waals surface area contributed by atoms with E-state index >= 15 is 0 Å². The second kappa shape index (κ2) is 5.55. The number of nitrogens with zero attached hydrogens (tertiary/aromatic N) is 3. The van der Waals surface area contributed by atoms with Crippen LogP contribution >= 0.6 is 11.8 Å². The van der Waals surface area contributed by atoms with E-state index in [1.165, 1.54) is 11.9 Å². The highest BCUT2D eigenvalue weighted by atomic mass is 32.2. The number of hydrogen-bond donors (Lipinski definition) is 2. The van der Waals surface area contributed by atoms with Gasteiger partial charge in [-0.2, -0.15) is 16.9 Å². The number of aromatic carboxylic acids is 1. The van der Waals surface area contributed by atoms with Gasteiger partial charge in [-0.1, -0.05) is 0 Å². The van der Waals surface area contributed by atoms with Crippen molar-refractivity contribution in [1.29, 1.82) is 0 Å². The Labute approximate surface area is 126 Å². The molecule has 3 heterocycles. The molecule has 6 nitrogen and oxygen atoms in total. The maximum atomic E-state index is 11.5. The van der Waals surface area contributed by atoms with Crippen molar-refractivity contribution in [3.63, 3.8) is 0 Å². The summed E-state index contributed by atoms with van der Waals surface area (Å²) in [6.45, 7) is 1.89. The van der Waals surface area contributed by atoms with E-state index in [0.717, 1.165) is 29.7 Å². The van der Waals surface area contributed by atoms with Gasteiger partial charge in [-0.3, -0.25) is 4.68 Å². The van der Waals surface area contributed by atoms with Crippen LogP contribution in [0.3, 0.4) is 0 Å². The van der Waals surface area contributed by atoms with Gasteiger partial charge in [0.1, 0.15) is 5.56 Å². The minimum Gasteiger partial charge on any atom is -0.478 e. The van der Waals surface area contributed by atoms with Crippen LogP contribution in [-0.2, 0) is 7.05 Å². The van der Waals surface area contributed by atoms with Crippen molar-refractivity contribution in [3.05, 3.63) is 17.5 Å². The number of carbonyl (C=O) groups is 1. The van der Waals surface area contributed by atoms with Gasteiger partial charge in [-0.25, -0.2) is 9.78 Å². The number of thioether (sulfide) groups is 1. The molecule has 1 saturated heterocycles. The van der Waals surface area contributed by atoms with Crippen LogP contribution in [0.2, 0.25) is 0 Å². The van der Waals surface area contributed by atoms with Crippen LogP contribution in [0.1, 0.15) is 28.9 Å². The van der Waals surface area contributed by atoms with Gasteiger partial charge in [0.05, 0.1) is 16.8 Å². The van der Waals surface area contributed by atoms with Gasteiger partial charge in [0.2, 0.25) is 0 Å². The molecular formula is C14H18N4O2S. The molecule has 1 atom stereocenters. The lowest BCUT2D eigenvalue weighted by Gasteiger charge is -2.24. The molecule has 2 N–H and O–H groups in total. The summed E-state index contributed by atoms with van der Waals surface area (Å²) in [6.07, 6.45) is 3.64. The molecule has 0 spiro atoms. The van der Waals surface area contributed by atoms with Crippen molar-refractivity contribution in [3.8, 4) is 0 Å². The first-order chi connectivity index (χ1) is 10.1. The fourth-order valence-electron chi connectivity index (χ4n) is 2.78. The predicted molar refractivity (Wildman–Crippen MR) is 84.2 cm³/mol. The van der Waals surface area contributed by atoms with Gasteiger partial charge in [0.25, 0.3) is 0 Å². The van der Waals surface area contributed by atoms with Crippen LogP contribution in [0, 0.1) is 6.92 Å². The monoisotopic (exact) mass is 306 g/mol. The summed E-state index contributed by atoms with van der Waals surface area (Å²) in [5.41, 5.74) is 2.39. The van der Waals surface area contributed by atoms with E-state index in [1.807, 2.05) is 25.7 Å². The Balaban J connectivity index is 2.11. The van der Waals surface area contributed by atoms with Crippen LogP contribution in [0.4, 0.5) is 5.69 Å². The Bertz CT molecular complexity index is 692. The van der Waals surface area contributed by atoms with Gasteiger partial charge in [-0.05, 0) is 25.5 Å². The van der Waals surface area contributed by atoms with Crippen molar-refractivity contribution >= 4 is 34.5 Å². The molecule has 0 bridgehead atoms. The van der Waals surface area contributed by atoms with Crippen molar-refractivity contribution in [2.75, 3.05) is 16.8 Å². The summed E-state index contributed by atoms with van der Waals surface area (Å²) < 4.78 is 1.69. The number of aromatic nitrogens is 3. The lowest BCUT2D eigenvalue weighted by molar-refractivity contribution is 0.0697. The van der Waals surface area contributed by atoms with Crippen LogP contribution in [0.25, 0.3) is 11.0 Å². The SMILES string of the molecule is Cc1nn(C)c2ncc(C(=O)O)c(NC3CCCSC3)c12. The number of anilines is 1. The normalized spacial score (nSPS) is 18.9. The highest BCUT2D eigenvalue weighted by Crippen LogP contribution is 2.31. The molecule has 0 aromatic carbocycles. The molecule has 0 amide bonds. The molecular weight excluding hydrogens is 288 g/mol. The lowest BCUT2D eigenvalue weighted by atomic mass is 10.1. The average molecular weight is 306 g/mol. The number of carboxylic acid groups (broad SMARTS) is 1. The lowest BCUT2D eigenvalue weighted by Crippen LogP contribution is -2.27. The Morgan fingerprint density at radius 3 is 3.05 bits per heavy atom. The number of nitrogens with one attached hydrogen (secondary N) is 1. The third kappa shape index (κ3) is 2.57. The number of hydrogen-bond acceptors (Lipinski definition) is 5. The number of rotatable bonds is 3. The largest absolute Gasteiger partial charge is 0.478 e. The Morgan fingerprint density at radius 2 is 2.38 bits per heavy atom. The summed E-state index contributed by atoms with van der Waals surface area (Å²) in [4.78, 5) is 15.8. The van der Waals surface area contributed by atoms with E-state index in [0.29, 0.717) is 17.4 Å². The maximum Gasteiger partial charge on any atom is 0.339 e. The fourth-order valence-corrected chi connectivity index (χ4v) is 3.85. The zero-order valence-corrected chi connectivity index (χ0v) is 12.9. The summed E-state index contributed by atoms with van der Waals surface area (Å²) in [5, 5.41) is 18.0. The van der Waals surface area contributed by atoms with E-state index < -0.39 is 5.97 Å². The van der Waals surface area contributed by atoms with E-state index in [1.54, 1.807) is 4.68 Å². The van der Waals surface area contributed by atoms with Crippen LogP contribution in [-0.4, -0.2) is 43.4 Å². The molecule has 21 heavy (non-hydrogen) atoms. The fraction of sp³-hybridized carbons (Fsp3) is 0.500. The van der Waals surface area contributed by atoms with Crippen LogP contribution < -0.4 is 5.32 Å². The van der Waals surface area contributed by atoms with E-state index in [9.17, 15) is 9.90 Å². The standard InChI is InChI=1S/C14H18N4O2S/c1-8-11-12(16-9-4-3-5-21-7-9)10(14(19)20)6-15-13(11)18(2)17-8/h6,9H,3-5,7H2,1-2H3,(H,15,16)(H,19,20). The Kier molecular flexibility index (Phi) is 3.75. The van der Waals surface area contributed by atoms with Gasteiger partial charge < -0.3 is 10.4 Å². The third-order valence-corrected chi connectivity index (χ3v) is 4.98. The Hall–Kier alpha value is -1.76. The minimum absolute atomic E-state index is 0.217. The molecule has 0 aliphatic carbocycles. The third-order valence-electron chi connectivity index (χ3n) is 3.77. The molecule has 1 fully saturated rings. The zero-order valence-electron chi connectivity index (χ0n) is 12.1. The molecule has 7 heteroatoms. The van der Waals surface area contributed by atoms with Gasteiger partial charge >= 0.3 is 5.97 Å². The molecule has 112 valence electrons. The molecule has 1 aliphatic heterocycles.